The largest absolute Gasteiger partial charge is 0.495 e. The molecule has 28 heavy (non-hydrogen) atoms. The van der Waals surface area contributed by atoms with Gasteiger partial charge in [0.1, 0.15) is 11.5 Å². The molecule has 1 aliphatic rings. The molecule has 1 aromatic carbocycles. The summed E-state index contributed by atoms with van der Waals surface area (Å²) in [5.41, 5.74) is 1.10. The summed E-state index contributed by atoms with van der Waals surface area (Å²) in [7, 11) is 3.42. The molecule has 0 atom stereocenters. The first kappa shape index (κ1) is 19.6. The van der Waals surface area contributed by atoms with Crippen LogP contribution in [0.5, 0.6) is 5.75 Å². The van der Waals surface area contributed by atoms with Crippen LogP contribution in [0.3, 0.4) is 0 Å². The quantitative estimate of drug-likeness (QED) is 0.576. The van der Waals surface area contributed by atoms with Gasteiger partial charge >= 0.3 is 0 Å². The maximum atomic E-state index is 12.0. The van der Waals surface area contributed by atoms with Gasteiger partial charge in [0.15, 0.2) is 5.96 Å². The molecule has 1 saturated heterocycles. The van der Waals surface area contributed by atoms with E-state index in [4.69, 9.17) is 9.15 Å². The van der Waals surface area contributed by atoms with Crippen LogP contribution in [0.1, 0.15) is 5.76 Å². The highest BCUT2D eigenvalue weighted by Gasteiger charge is 2.21. The Balaban J connectivity index is 1.46. The number of anilines is 1. The van der Waals surface area contributed by atoms with Crippen LogP contribution in [-0.4, -0.2) is 63.6 Å². The van der Waals surface area contributed by atoms with E-state index in [-0.39, 0.29) is 12.5 Å². The summed E-state index contributed by atoms with van der Waals surface area (Å²) in [5, 5.41) is 5.95. The van der Waals surface area contributed by atoms with Crippen molar-refractivity contribution in [2.45, 2.75) is 6.54 Å². The smallest absolute Gasteiger partial charge is 0.239 e. The van der Waals surface area contributed by atoms with Gasteiger partial charge in [-0.3, -0.25) is 9.79 Å². The van der Waals surface area contributed by atoms with E-state index < -0.39 is 0 Å². The number of hydrogen-bond donors (Lipinski definition) is 2. The van der Waals surface area contributed by atoms with Crippen molar-refractivity contribution in [1.29, 1.82) is 0 Å². The van der Waals surface area contributed by atoms with Crippen molar-refractivity contribution in [1.82, 2.24) is 15.5 Å². The zero-order valence-corrected chi connectivity index (χ0v) is 16.4. The molecule has 2 aromatic rings. The molecule has 0 spiro atoms. The lowest BCUT2D eigenvalue weighted by Crippen LogP contribution is -2.53. The predicted octanol–water partition coefficient (Wildman–Crippen LogP) is 1.30. The number of guanidine groups is 1. The second-order valence-electron chi connectivity index (χ2n) is 6.40. The van der Waals surface area contributed by atoms with Crippen LogP contribution >= 0.6 is 0 Å². The van der Waals surface area contributed by atoms with Gasteiger partial charge in [0.05, 0.1) is 32.1 Å². The van der Waals surface area contributed by atoms with Crippen molar-refractivity contribution < 1.29 is 13.9 Å². The van der Waals surface area contributed by atoms with Gasteiger partial charge in [-0.1, -0.05) is 12.1 Å². The number of nitrogens with one attached hydrogen (secondary N) is 2. The molecule has 1 aromatic heterocycles. The van der Waals surface area contributed by atoms with E-state index in [1.165, 1.54) is 0 Å². The fraction of sp³-hybridized carbons (Fsp3) is 0.400. The predicted molar refractivity (Wildman–Crippen MR) is 109 cm³/mol. The summed E-state index contributed by atoms with van der Waals surface area (Å²) in [5.74, 6) is 2.23. The van der Waals surface area contributed by atoms with E-state index in [0.29, 0.717) is 6.54 Å². The molecule has 8 nitrogen and oxygen atoms in total. The molecule has 0 radical (unpaired) electrons. The molecule has 1 aliphatic heterocycles. The van der Waals surface area contributed by atoms with Gasteiger partial charge in [0.2, 0.25) is 5.91 Å². The van der Waals surface area contributed by atoms with Gasteiger partial charge in [-0.2, -0.15) is 0 Å². The molecule has 2 heterocycles. The number of nitrogens with zero attached hydrogens (tertiary/aromatic N) is 3. The summed E-state index contributed by atoms with van der Waals surface area (Å²) in [6, 6.07) is 11.7. The molecule has 0 bridgehead atoms. The number of aliphatic imine (C=N–C) groups is 1. The first-order chi connectivity index (χ1) is 13.7. The third kappa shape index (κ3) is 4.97. The van der Waals surface area contributed by atoms with Crippen LogP contribution in [0.15, 0.2) is 52.1 Å². The molecule has 3 rings (SSSR count). The third-order valence-corrected chi connectivity index (χ3v) is 4.66. The second-order valence-corrected chi connectivity index (χ2v) is 6.40. The highest BCUT2D eigenvalue weighted by molar-refractivity contribution is 5.86. The van der Waals surface area contributed by atoms with E-state index in [9.17, 15) is 4.79 Å². The Bertz CT molecular complexity index is 783. The summed E-state index contributed by atoms with van der Waals surface area (Å²) in [4.78, 5) is 20.8. The molecule has 1 fully saturated rings. The first-order valence-electron chi connectivity index (χ1n) is 9.34. The van der Waals surface area contributed by atoms with Crippen molar-refractivity contribution in [3.8, 4) is 5.75 Å². The highest BCUT2D eigenvalue weighted by Crippen LogP contribution is 2.28. The Morgan fingerprint density at radius 3 is 2.61 bits per heavy atom. The SMILES string of the molecule is CN=C(NCC(=O)NCc1ccco1)N1CCN(c2ccccc2OC)CC1. The average Bonchev–Trinajstić information content (AvgIpc) is 3.27. The van der Waals surface area contributed by atoms with Crippen LogP contribution < -0.4 is 20.3 Å². The lowest BCUT2D eigenvalue weighted by atomic mass is 10.2. The van der Waals surface area contributed by atoms with Gasteiger partial charge in [0.25, 0.3) is 0 Å². The number of carbonyl (C=O) groups excluding carboxylic acids is 1. The summed E-state index contributed by atoms with van der Waals surface area (Å²) in [6.07, 6.45) is 1.59. The maximum absolute atomic E-state index is 12.0. The Kier molecular flexibility index (Phi) is 6.78. The second kappa shape index (κ2) is 9.68. The monoisotopic (exact) mass is 385 g/mol. The minimum atomic E-state index is -0.106. The topological polar surface area (TPSA) is 82.3 Å². The molecule has 0 unspecified atom stereocenters. The summed E-state index contributed by atoms with van der Waals surface area (Å²) >= 11 is 0. The highest BCUT2D eigenvalue weighted by atomic mass is 16.5. The van der Waals surface area contributed by atoms with Crippen LogP contribution in [-0.2, 0) is 11.3 Å². The van der Waals surface area contributed by atoms with Gasteiger partial charge in [-0.05, 0) is 24.3 Å². The number of benzene rings is 1. The number of ether oxygens (including phenoxy) is 1. The average molecular weight is 385 g/mol. The number of methoxy groups -OCH3 is 1. The lowest BCUT2D eigenvalue weighted by molar-refractivity contribution is -0.120. The Labute approximate surface area is 165 Å². The van der Waals surface area contributed by atoms with Crippen molar-refractivity contribution >= 4 is 17.6 Å². The minimum Gasteiger partial charge on any atom is -0.495 e. The molecule has 0 aliphatic carbocycles. The Morgan fingerprint density at radius 2 is 1.93 bits per heavy atom. The number of carbonyl (C=O) groups is 1. The van der Waals surface area contributed by atoms with Crippen molar-refractivity contribution in [3.05, 3.63) is 48.4 Å². The Morgan fingerprint density at radius 1 is 1.14 bits per heavy atom. The number of hydrogen-bond acceptors (Lipinski definition) is 5. The van der Waals surface area contributed by atoms with Gasteiger partial charge in [-0.25, -0.2) is 0 Å². The van der Waals surface area contributed by atoms with Crippen molar-refractivity contribution in [2.75, 3.05) is 51.8 Å². The molecule has 1 amide bonds. The normalized spacial score (nSPS) is 14.7. The maximum Gasteiger partial charge on any atom is 0.239 e. The number of amides is 1. The molecular formula is C20H27N5O3. The molecule has 2 N–H and O–H groups in total. The van der Waals surface area contributed by atoms with Crippen LogP contribution in [0, 0.1) is 0 Å². The van der Waals surface area contributed by atoms with E-state index in [1.54, 1.807) is 26.5 Å². The number of piperazine rings is 1. The van der Waals surface area contributed by atoms with E-state index in [2.05, 4.69) is 31.5 Å². The summed E-state index contributed by atoms with van der Waals surface area (Å²) < 4.78 is 10.7. The van der Waals surface area contributed by atoms with E-state index in [1.807, 2.05) is 24.3 Å². The molecule has 150 valence electrons. The zero-order valence-electron chi connectivity index (χ0n) is 16.4. The zero-order chi connectivity index (χ0) is 19.8. The Hall–Kier alpha value is -3.16. The van der Waals surface area contributed by atoms with Gasteiger partial charge in [0, 0.05) is 33.2 Å². The number of para-hydroxylation sites is 2. The van der Waals surface area contributed by atoms with E-state index in [0.717, 1.165) is 49.3 Å². The van der Waals surface area contributed by atoms with Gasteiger partial charge < -0.3 is 29.6 Å². The van der Waals surface area contributed by atoms with Crippen LogP contribution in [0.2, 0.25) is 0 Å². The first-order valence-corrected chi connectivity index (χ1v) is 9.34. The van der Waals surface area contributed by atoms with Crippen molar-refractivity contribution in [2.24, 2.45) is 4.99 Å². The third-order valence-electron chi connectivity index (χ3n) is 4.66. The molecule has 0 saturated carbocycles. The number of furan rings is 1. The standard InChI is InChI=1S/C20H27N5O3/c1-21-20(23-15-19(26)22-14-16-6-5-13-28-16)25-11-9-24(10-12-25)17-7-3-4-8-18(17)27-2/h3-8,13H,9-12,14-15H2,1-2H3,(H,21,23)(H,22,26). The van der Waals surface area contributed by atoms with E-state index >= 15 is 0 Å². The molecular weight excluding hydrogens is 358 g/mol. The number of rotatable bonds is 6. The van der Waals surface area contributed by atoms with Crippen molar-refractivity contribution in [3.63, 3.8) is 0 Å². The molecule has 8 heteroatoms. The van der Waals surface area contributed by atoms with Crippen LogP contribution in [0.25, 0.3) is 0 Å². The fourth-order valence-corrected chi connectivity index (χ4v) is 3.20. The minimum absolute atomic E-state index is 0.106. The summed E-state index contributed by atoms with van der Waals surface area (Å²) in [6.45, 7) is 3.87. The van der Waals surface area contributed by atoms with Gasteiger partial charge in [-0.15, -0.1) is 0 Å². The lowest BCUT2D eigenvalue weighted by Gasteiger charge is -2.38. The van der Waals surface area contributed by atoms with Crippen LogP contribution in [0.4, 0.5) is 5.69 Å². The fourth-order valence-electron chi connectivity index (χ4n) is 3.20.